The summed E-state index contributed by atoms with van der Waals surface area (Å²) in [6.07, 6.45) is -3.34. The van der Waals surface area contributed by atoms with E-state index >= 15 is 0 Å². The summed E-state index contributed by atoms with van der Waals surface area (Å²) in [6.45, 7) is 5.51. The topological polar surface area (TPSA) is 82.7 Å². The zero-order valence-electron chi connectivity index (χ0n) is 18.1. The Morgan fingerprint density at radius 1 is 1.03 bits per heavy atom. The maximum absolute atomic E-state index is 12.4. The number of nitrogens with zero attached hydrogens (tertiary/aromatic N) is 6. The maximum Gasteiger partial charge on any atom is 0.573 e. The van der Waals surface area contributed by atoms with E-state index in [1.165, 1.54) is 18.5 Å². The quantitative estimate of drug-likeness (QED) is 0.421. The van der Waals surface area contributed by atoms with Gasteiger partial charge in [-0.25, -0.2) is 14.6 Å². The van der Waals surface area contributed by atoms with Crippen LogP contribution in [0.4, 0.5) is 24.8 Å². The van der Waals surface area contributed by atoms with Gasteiger partial charge >= 0.3 is 6.36 Å². The standard InChI is InChI=1S/C21H19ClF3N7O/c1-11-19(14-5-7-15(8-6-14)33-21(23,24)25)31(4)30-20(11)28-16-9-17(27-10-26-16)32-13(3)18(22)12(2)29-32/h5-10H,1-4H3,(H,26,27,28,30). The lowest BCUT2D eigenvalue weighted by Crippen LogP contribution is -2.16. The molecular weight excluding hydrogens is 459 g/mol. The van der Waals surface area contributed by atoms with Crippen LogP contribution in [0.1, 0.15) is 17.0 Å². The third-order valence-electron chi connectivity index (χ3n) is 4.96. The van der Waals surface area contributed by atoms with Crippen molar-refractivity contribution in [3.63, 3.8) is 0 Å². The molecule has 172 valence electrons. The minimum absolute atomic E-state index is 0.290. The first-order chi connectivity index (χ1) is 15.5. The summed E-state index contributed by atoms with van der Waals surface area (Å²) < 4.78 is 44.5. The van der Waals surface area contributed by atoms with Gasteiger partial charge in [-0.3, -0.25) is 4.68 Å². The normalized spacial score (nSPS) is 11.6. The third-order valence-corrected chi connectivity index (χ3v) is 5.51. The van der Waals surface area contributed by atoms with Gasteiger partial charge in [-0.05, 0) is 45.0 Å². The number of anilines is 2. The van der Waals surface area contributed by atoms with Crippen molar-refractivity contribution in [3.8, 4) is 22.8 Å². The second-order valence-corrected chi connectivity index (χ2v) is 7.68. The Morgan fingerprint density at radius 2 is 1.73 bits per heavy atom. The van der Waals surface area contributed by atoms with Crippen LogP contribution in [-0.4, -0.2) is 35.9 Å². The molecule has 3 aromatic heterocycles. The Bertz CT molecular complexity index is 1310. The van der Waals surface area contributed by atoms with Crippen molar-refractivity contribution in [1.29, 1.82) is 0 Å². The summed E-state index contributed by atoms with van der Waals surface area (Å²) in [4.78, 5) is 8.51. The minimum atomic E-state index is -4.74. The van der Waals surface area contributed by atoms with E-state index in [1.807, 2.05) is 20.8 Å². The zero-order valence-corrected chi connectivity index (χ0v) is 18.8. The Morgan fingerprint density at radius 3 is 2.33 bits per heavy atom. The molecule has 0 aliphatic heterocycles. The number of hydrogen-bond acceptors (Lipinski definition) is 6. The van der Waals surface area contributed by atoms with Crippen LogP contribution in [0, 0.1) is 20.8 Å². The van der Waals surface area contributed by atoms with Gasteiger partial charge in [0.25, 0.3) is 0 Å². The molecule has 0 amide bonds. The molecule has 0 saturated carbocycles. The van der Waals surface area contributed by atoms with Crippen LogP contribution >= 0.6 is 11.6 Å². The molecule has 3 heterocycles. The molecule has 0 radical (unpaired) electrons. The second-order valence-electron chi connectivity index (χ2n) is 7.30. The molecule has 0 saturated heterocycles. The van der Waals surface area contributed by atoms with Gasteiger partial charge < -0.3 is 10.1 Å². The van der Waals surface area contributed by atoms with Crippen LogP contribution in [0.5, 0.6) is 5.75 Å². The number of halogens is 4. The highest BCUT2D eigenvalue weighted by molar-refractivity contribution is 6.31. The summed E-state index contributed by atoms with van der Waals surface area (Å²) in [7, 11) is 1.75. The average Bonchev–Trinajstić information content (AvgIpc) is 3.17. The summed E-state index contributed by atoms with van der Waals surface area (Å²) in [5.41, 5.74) is 3.66. The van der Waals surface area contributed by atoms with Crippen LogP contribution < -0.4 is 10.1 Å². The highest BCUT2D eigenvalue weighted by Crippen LogP contribution is 2.32. The number of rotatable bonds is 5. The number of aryl methyl sites for hydroxylation is 2. The molecule has 0 bridgehead atoms. The molecule has 0 aliphatic carbocycles. The maximum atomic E-state index is 12.4. The fourth-order valence-electron chi connectivity index (χ4n) is 3.47. The number of benzene rings is 1. The lowest BCUT2D eigenvalue weighted by molar-refractivity contribution is -0.274. The Balaban J connectivity index is 1.61. The van der Waals surface area contributed by atoms with Crippen LogP contribution in [-0.2, 0) is 7.05 Å². The average molecular weight is 478 g/mol. The van der Waals surface area contributed by atoms with Crippen LogP contribution in [0.2, 0.25) is 5.02 Å². The number of ether oxygens (including phenoxy) is 1. The lowest BCUT2D eigenvalue weighted by atomic mass is 10.1. The zero-order chi connectivity index (χ0) is 23.9. The van der Waals surface area contributed by atoms with Crippen molar-refractivity contribution >= 4 is 23.2 Å². The van der Waals surface area contributed by atoms with Gasteiger partial charge in [-0.2, -0.15) is 10.2 Å². The van der Waals surface area contributed by atoms with Gasteiger partial charge in [0.05, 0.1) is 22.1 Å². The molecule has 0 unspecified atom stereocenters. The predicted octanol–water partition coefficient (Wildman–Crippen LogP) is 5.28. The number of aromatic nitrogens is 6. The molecule has 1 N–H and O–H groups in total. The molecular formula is C21H19ClF3N7O. The molecule has 0 fully saturated rings. The first kappa shape index (κ1) is 22.6. The number of hydrogen-bond donors (Lipinski definition) is 1. The fraction of sp³-hybridized carbons (Fsp3) is 0.238. The molecule has 4 rings (SSSR count). The molecule has 12 heteroatoms. The first-order valence-electron chi connectivity index (χ1n) is 9.74. The van der Waals surface area contributed by atoms with Gasteiger partial charge in [0.1, 0.15) is 17.9 Å². The molecule has 0 aliphatic rings. The summed E-state index contributed by atoms with van der Waals surface area (Å²) >= 11 is 6.24. The van der Waals surface area contributed by atoms with Crippen molar-refractivity contribution in [2.75, 3.05) is 5.32 Å². The summed E-state index contributed by atoms with van der Waals surface area (Å²) in [6, 6.07) is 7.33. The van der Waals surface area contributed by atoms with E-state index < -0.39 is 6.36 Å². The van der Waals surface area contributed by atoms with Crippen LogP contribution in [0.15, 0.2) is 36.7 Å². The van der Waals surface area contributed by atoms with Gasteiger partial charge in [-0.15, -0.1) is 13.2 Å². The molecule has 33 heavy (non-hydrogen) atoms. The van der Waals surface area contributed by atoms with Crippen molar-refractivity contribution in [1.82, 2.24) is 29.5 Å². The van der Waals surface area contributed by atoms with Crippen LogP contribution in [0.25, 0.3) is 17.1 Å². The highest BCUT2D eigenvalue weighted by atomic mass is 35.5. The van der Waals surface area contributed by atoms with E-state index in [2.05, 4.69) is 30.2 Å². The van der Waals surface area contributed by atoms with E-state index in [-0.39, 0.29) is 5.75 Å². The van der Waals surface area contributed by atoms with E-state index in [4.69, 9.17) is 11.6 Å². The highest BCUT2D eigenvalue weighted by Gasteiger charge is 2.31. The SMILES string of the molecule is Cc1nn(-c2cc(Nc3nn(C)c(-c4ccc(OC(F)(F)F)cc4)c3C)ncn2)c(C)c1Cl. The van der Waals surface area contributed by atoms with E-state index in [0.717, 1.165) is 17.0 Å². The predicted molar refractivity (Wildman–Crippen MR) is 117 cm³/mol. The molecule has 8 nitrogen and oxygen atoms in total. The van der Waals surface area contributed by atoms with E-state index in [1.54, 1.807) is 34.6 Å². The minimum Gasteiger partial charge on any atom is -0.406 e. The monoisotopic (exact) mass is 477 g/mol. The fourth-order valence-corrected chi connectivity index (χ4v) is 3.58. The van der Waals surface area contributed by atoms with Crippen molar-refractivity contribution in [2.45, 2.75) is 27.1 Å². The molecule has 0 atom stereocenters. The Hall–Kier alpha value is -3.60. The van der Waals surface area contributed by atoms with E-state index in [0.29, 0.717) is 33.7 Å². The molecule has 1 aromatic carbocycles. The largest absolute Gasteiger partial charge is 0.573 e. The molecule has 4 aromatic rings. The van der Waals surface area contributed by atoms with Crippen molar-refractivity contribution in [2.24, 2.45) is 7.05 Å². The molecule has 0 spiro atoms. The summed E-state index contributed by atoms with van der Waals surface area (Å²) in [5.74, 6) is 1.28. The summed E-state index contributed by atoms with van der Waals surface area (Å²) in [5, 5.41) is 12.6. The second kappa shape index (κ2) is 8.39. The van der Waals surface area contributed by atoms with E-state index in [9.17, 15) is 13.2 Å². The Kier molecular flexibility index (Phi) is 5.75. The van der Waals surface area contributed by atoms with Crippen molar-refractivity contribution in [3.05, 3.63) is 58.6 Å². The van der Waals surface area contributed by atoms with Gasteiger partial charge in [0, 0.05) is 24.2 Å². The lowest BCUT2D eigenvalue weighted by Gasteiger charge is -2.10. The first-order valence-corrected chi connectivity index (χ1v) is 10.1. The Labute approximate surface area is 192 Å². The van der Waals surface area contributed by atoms with Gasteiger partial charge in [0.2, 0.25) is 0 Å². The smallest absolute Gasteiger partial charge is 0.406 e. The van der Waals surface area contributed by atoms with Crippen molar-refractivity contribution < 1.29 is 17.9 Å². The van der Waals surface area contributed by atoms with Gasteiger partial charge in [-0.1, -0.05) is 11.6 Å². The van der Waals surface area contributed by atoms with Gasteiger partial charge in [0.15, 0.2) is 11.6 Å². The number of alkyl halides is 3. The van der Waals surface area contributed by atoms with Crippen LogP contribution in [0.3, 0.4) is 0 Å². The number of nitrogens with one attached hydrogen (secondary N) is 1. The third kappa shape index (κ3) is 4.63.